The van der Waals surface area contributed by atoms with E-state index in [4.69, 9.17) is 4.74 Å². The number of hydrogen-bond acceptors (Lipinski definition) is 3. The van der Waals surface area contributed by atoms with Crippen molar-refractivity contribution >= 4 is 16.7 Å². The Morgan fingerprint density at radius 2 is 1.59 bits per heavy atom. The van der Waals surface area contributed by atoms with Gasteiger partial charge >= 0.3 is 0 Å². The van der Waals surface area contributed by atoms with Crippen molar-refractivity contribution in [3.05, 3.63) is 77.9 Å². The van der Waals surface area contributed by atoms with Crippen molar-refractivity contribution in [2.45, 2.75) is 32.4 Å². The van der Waals surface area contributed by atoms with Crippen molar-refractivity contribution in [1.29, 1.82) is 0 Å². The molecule has 0 bridgehead atoms. The average molecular weight is 389 g/mol. The van der Waals surface area contributed by atoms with Gasteiger partial charge in [-0.2, -0.15) is 0 Å². The zero-order valence-corrected chi connectivity index (χ0v) is 16.8. The zero-order chi connectivity index (χ0) is 19.9. The van der Waals surface area contributed by atoms with Crippen LogP contribution in [0.4, 0.5) is 0 Å². The molecule has 1 saturated heterocycles. The van der Waals surface area contributed by atoms with E-state index >= 15 is 0 Å². The van der Waals surface area contributed by atoms with Crippen LogP contribution in [0, 0.1) is 0 Å². The van der Waals surface area contributed by atoms with Crippen LogP contribution in [0.25, 0.3) is 10.8 Å². The van der Waals surface area contributed by atoms with Gasteiger partial charge in [0.15, 0.2) is 6.61 Å². The number of amides is 1. The molecule has 4 rings (SSSR count). The lowest BCUT2D eigenvalue weighted by molar-refractivity contribution is -0.123. The number of hydrogen-bond donors (Lipinski definition) is 1. The summed E-state index contributed by atoms with van der Waals surface area (Å²) in [7, 11) is 0. The number of nitrogens with one attached hydrogen (secondary N) is 1. The van der Waals surface area contributed by atoms with Gasteiger partial charge in [0.05, 0.1) is 0 Å². The number of likely N-dealkylation sites (tertiary alicyclic amines) is 1. The maximum atomic E-state index is 12.2. The van der Waals surface area contributed by atoms with E-state index in [1.54, 1.807) is 0 Å². The highest BCUT2D eigenvalue weighted by Crippen LogP contribution is 2.25. The molecule has 1 aliphatic rings. The molecule has 0 radical (unpaired) electrons. The first-order valence-electron chi connectivity index (χ1n) is 10.5. The van der Waals surface area contributed by atoms with E-state index in [1.807, 2.05) is 42.5 Å². The zero-order valence-electron chi connectivity index (χ0n) is 16.8. The van der Waals surface area contributed by atoms with Crippen LogP contribution >= 0.6 is 0 Å². The highest BCUT2D eigenvalue weighted by Gasteiger charge is 2.10. The van der Waals surface area contributed by atoms with Crippen LogP contribution in [-0.4, -0.2) is 30.5 Å². The van der Waals surface area contributed by atoms with Crippen LogP contribution in [0.3, 0.4) is 0 Å². The molecule has 1 N–H and O–H groups in total. The van der Waals surface area contributed by atoms with Gasteiger partial charge in [-0.1, -0.05) is 67.1 Å². The maximum absolute atomic E-state index is 12.2. The summed E-state index contributed by atoms with van der Waals surface area (Å²) >= 11 is 0. The Morgan fingerprint density at radius 3 is 2.41 bits per heavy atom. The number of nitrogens with zero attached hydrogens (tertiary/aromatic N) is 1. The molecule has 3 aromatic rings. The Labute approximate surface area is 172 Å². The molecule has 0 aromatic heterocycles. The Kier molecular flexibility index (Phi) is 6.42. The lowest BCUT2D eigenvalue weighted by Crippen LogP contribution is -2.29. The number of carbonyl (C=O) groups excluding carboxylic acids is 1. The third-order valence-electron chi connectivity index (χ3n) is 5.48. The van der Waals surface area contributed by atoms with Crippen LogP contribution in [0.5, 0.6) is 5.75 Å². The molecule has 0 aliphatic carbocycles. The second kappa shape index (κ2) is 9.57. The molecule has 1 heterocycles. The fourth-order valence-electron chi connectivity index (χ4n) is 3.85. The largest absolute Gasteiger partial charge is 0.483 e. The summed E-state index contributed by atoms with van der Waals surface area (Å²) in [4.78, 5) is 14.7. The number of ether oxygens (including phenoxy) is 1. The first kappa shape index (κ1) is 19.5. The lowest BCUT2D eigenvalue weighted by Gasteiger charge is -2.26. The topological polar surface area (TPSA) is 41.6 Å². The second-order valence-electron chi connectivity index (χ2n) is 7.70. The lowest BCUT2D eigenvalue weighted by atomic mass is 10.1. The minimum Gasteiger partial charge on any atom is -0.483 e. The Bertz CT molecular complexity index is 941. The normalized spacial score (nSPS) is 14.6. The number of carbonyl (C=O) groups is 1. The summed E-state index contributed by atoms with van der Waals surface area (Å²) in [5.74, 6) is 0.621. The molecule has 3 aromatic carbocycles. The first-order chi connectivity index (χ1) is 14.3. The van der Waals surface area contributed by atoms with E-state index in [2.05, 4.69) is 34.5 Å². The fourth-order valence-corrected chi connectivity index (χ4v) is 3.85. The van der Waals surface area contributed by atoms with Gasteiger partial charge in [0.1, 0.15) is 5.75 Å². The van der Waals surface area contributed by atoms with Crippen molar-refractivity contribution in [1.82, 2.24) is 10.2 Å². The molecule has 4 nitrogen and oxygen atoms in total. The average Bonchev–Trinajstić information content (AvgIpc) is 2.78. The monoisotopic (exact) mass is 388 g/mol. The van der Waals surface area contributed by atoms with Gasteiger partial charge in [-0.15, -0.1) is 0 Å². The Morgan fingerprint density at radius 1 is 0.862 bits per heavy atom. The van der Waals surface area contributed by atoms with Crippen LogP contribution in [0.15, 0.2) is 66.7 Å². The molecule has 150 valence electrons. The van der Waals surface area contributed by atoms with E-state index in [0.717, 1.165) is 28.6 Å². The number of rotatable bonds is 7. The van der Waals surface area contributed by atoms with Crippen LogP contribution in [-0.2, 0) is 17.9 Å². The smallest absolute Gasteiger partial charge is 0.258 e. The second-order valence-corrected chi connectivity index (χ2v) is 7.70. The van der Waals surface area contributed by atoms with Gasteiger partial charge in [0, 0.05) is 18.5 Å². The Hall–Kier alpha value is -2.85. The molecule has 0 atom stereocenters. The molecule has 1 aliphatic heterocycles. The molecule has 0 saturated carbocycles. The predicted molar refractivity (Wildman–Crippen MR) is 117 cm³/mol. The SMILES string of the molecule is O=C(COc1cccc2ccccc12)NCc1ccc(CN2CCCCC2)cc1. The van der Waals surface area contributed by atoms with Crippen molar-refractivity contribution in [3.63, 3.8) is 0 Å². The van der Waals surface area contributed by atoms with Crippen molar-refractivity contribution < 1.29 is 9.53 Å². The van der Waals surface area contributed by atoms with Gasteiger partial charge in [0.25, 0.3) is 5.91 Å². The van der Waals surface area contributed by atoms with E-state index in [9.17, 15) is 4.79 Å². The highest BCUT2D eigenvalue weighted by atomic mass is 16.5. The number of piperidine rings is 1. The summed E-state index contributed by atoms with van der Waals surface area (Å²) in [5.41, 5.74) is 2.44. The first-order valence-corrected chi connectivity index (χ1v) is 10.5. The third kappa shape index (κ3) is 5.36. The molecule has 0 unspecified atom stereocenters. The summed E-state index contributed by atoms with van der Waals surface area (Å²) in [6, 6.07) is 22.4. The molecular formula is C25H28N2O2. The van der Waals surface area contributed by atoms with Gasteiger partial charge in [-0.25, -0.2) is 0 Å². The van der Waals surface area contributed by atoms with Gasteiger partial charge in [-0.05, 0) is 48.5 Å². The van der Waals surface area contributed by atoms with Gasteiger partial charge in [0.2, 0.25) is 0 Å². The highest BCUT2D eigenvalue weighted by molar-refractivity contribution is 5.88. The minimum atomic E-state index is -0.115. The van der Waals surface area contributed by atoms with Crippen molar-refractivity contribution in [2.75, 3.05) is 19.7 Å². The van der Waals surface area contributed by atoms with Crippen LogP contribution < -0.4 is 10.1 Å². The van der Waals surface area contributed by atoms with E-state index < -0.39 is 0 Å². The predicted octanol–water partition coefficient (Wildman–Crippen LogP) is 4.52. The fraction of sp³-hybridized carbons (Fsp3) is 0.320. The van der Waals surface area contributed by atoms with E-state index in [0.29, 0.717) is 6.54 Å². The summed E-state index contributed by atoms with van der Waals surface area (Å²) in [6.45, 7) is 3.96. The third-order valence-corrected chi connectivity index (χ3v) is 5.48. The molecular weight excluding hydrogens is 360 g/mol. The summed E-state index contributed by atoms with van der Waals surface area (Å²) in [5, 5.41) is 5.07. The van der Waals surface area contributed by atoms with E-state index in [-0.39, 0.29) is 12.5 Å². The number of benzene rings is 3. The van der Waals surface area contributed by atoms with Crippen molar-refractivity contribution in [3.8, 4) is 5.75 Å². The molecule has 1 amide bonds. The molecule has 1 fully saturated rings. The molecule has 29 heavy (non-hydrogen) atoms. The van der Waals surface area contributed by atoms with E-state index in [1.165, 1.54) is 37.9 Å². The number of fused-ring (bicyclic) bond motifs is 1. The standard InChI is InChI=1S/C25H28N2O2/c28-25(19-29-24-10-6-8-22-7-2-3-9-23(22)24)26-17-20-11-13-21(14-12-20)18-27-15-4-1-5-16-27/h2-3,6-14H,1,4-5,15-19H2,(H,26,28). The van der Waals surface area contributed by atoms with Crippen LogP contribution in [0.2, 0.25) is 0 Å². The molecule has 0 spiro atoms. The minimum absolute atomic E-state index is 0.0149. The quantitative estimate of drug-likeness (QED) is 0.647. The molecule has 4 heteroatoms. The van der Waals surface area contributed by atoms with Gasteiger partial charge < -0.3 is 10.1 Å². The van der Waals surface area contributed by atoms with Crippen LogP contribution in [0.1, 0.15) is 30.4 Å². The van der Waals surface area contributed by atoms with Gasteiger partial charge in [-0.3, -0.25) is 9.69 Å². The summed E-state index contributed by atoms with van der Waals surface area (Å²) in [6.07, 6.45) is 3.98. The summed E-state index contributed by atoms with van der Waals surface area (Å²) < 4.78 is 5.76. The van der Waals surface area contributed by atoms with Crippen molar-refractivity contribution in [2.24, 2.45) is 0 Å². The Balaban J connectivity index is 1.25. The maximum Gasteiger partial charge on any atom is 0.258 e.